The van der Waals surface area contributed by atoms with Crippen LogP contribution in [-0.2, 0) is 9.53 Å². The molecule has 3 atom stereocenters. The Morgan fingerprint density at radius 3 is 2.62 bits per heavy atom. The molecule has 0 aromatic heterocycles. The van der Waals surface area contributed by atoms with Crippen LogP contribution in [0.1, 0.15) is 19.8 Å². The molecule has 0 radical (unpaired) electrons. The molecule has 0 spiro atoms. The van der Waals surface area contributed by atoms with Gasteiger partial charge in [-0.15, -0.1) is 0 Å². The van der Waals surface area contributed by atoms with Crippen molar-refractivity contribution in [2.75, 3.05) is 13.7 Å². The van der Waals surface area contributed by atoms with Gasteiger partial charge in [-0.25, -0.2) is 4.79 Å². The van der Waals surface area contributed by atoms with Crippen LogP contribution in [0.25, 0.3) is 0 Å². The van der Waals surface area contributed by atoms with Gasteiger partial charge >= 0.3 is 12.0 Å². The Kier molecular flexibility index (Phi) is 4.54. The van der Waals surface area contributed by atoms with E-state index >= 15 is 0 Å². The number of carboxylic acids is 1. The second-order valence-corrected chi connectivity index (χ2v) is 4.13. The maximum atomic E-state index is 11.3. The lowest BCUT2D eigenvalue weighted by molar-refractivity contribution is -0.139. The van der Waals surface area contributed by atoms with Crippen molar-refractivity contribution in [3.8, 4) is 0 Å². The van der Waals surface area contributed by atoms with Crippen LogP contribution in [0.15, 0.2) is 0 Å². The van der Waals surface area contributed by atoms with E-state index in [9.17, 15) is 9.59 Å². The molecule has 6 nitrogen and oxygen atoms in total. The number of rotatable bonds is 6. The molecule has 0 saturated heterocycles. The number of hydrogen-bond acceptors (Lipinski definition) is 3. The molecule has 3 unspecified atom stereocenters. The molecule has 0 aliphatic heterocycles. The number of methoxy groups -OCH3 is 1. The van der Waals surface area contributed by atoms with E-state index < -0.39 is 12.1 Å². The summed E-state index contributed by atoms with van der Waals surface area (Å²) in [6.07, 6.45) is 0.409. The first kappa shape index (κ1) is 12.8. The van der Waals surface area contributed by atoms with Gasteiger partial charge in [-0.05, 0) is 12.3 Å². The highest BCUT2D eigenvalue weighted by atomic mass is 16.5. The van der Waals surface area contributed by atoms with Crippen molar-refractivity contribution in [1.29, 1.82) is 0 Å². The van der Waals surface area contributed by atoms with E-state index in [0.29, 0.717) is 5.92 Å². The normalized spacial score (nSPS) is 24.6. The highest BCUT2D eigenvalue weighted by Gasteiger charge is 2.33. The van der Waals surface area contributed by atoms with E-state index in [-0.39, 0.29) is 25.0 Å². The van der Waals surface area contributed by atoms with Crippen molar-refractivity contribution in [3.63, 3.8) is 0 Å². The quantitative estimate of drug-likeness (QED) is 0.607. The third-order valence-electron chi connectivity index (χ3n) is 2.65. The van der Waals surface area contributed by atoms with E-state index in [1.807, 2.05) is 0 Å². The molecule has 2 amide bonds. The highest BCUT2D eigenvalue weighted by molar-refractivity contribution is 5.74. The lowest BCUT2D eigenvalue weighted by Crippen LogP contribution is -2.42. The van der Waals surface area contributed by atoms with Crippen molar-refractivity contribution in [2.24, 2.45) is 5.92 Å². The fraction of sp³-hybridized carbons (Fsp3) is 0.800. The lowest BCUT2D eigenvalue weighted by atomic mass is 10.2. The summed E-state index contributed by atoms with van der Waals surface area (Å²) in [6.45, 7) is 2.27. The number of carbonyl (C=O) groups excluding carboxylic acids is 1. The standard InChI is InChI=1S/C10H18N2O4/c1-6-3-8(6)12-10(15)11-5-7(16-2)4-9(13)14/h6-8H,3-5H2,1-2H3,(H,13,14)(H2,11,12,15). The fourth-order valence-corrected chi connectivity index (χ4v) is 1.38. The summed E-state index contributed by atoms with van der Waals surface area (Å²) in [4.78, 5) is 21.8. The van der Waals surface area contributed by atoms with E-state index in [0.717, 1.165) is 6.42 Å². The second-order valence-electron chi connectivity index (χ2n) is 4.13. The first-order chi connectivity index (χ1) is 7.52. The van der Waals surface area contributed by atoms with E-state index in [4.69, 9.17) is 9.84 Å². The molecule has 1 fully saturated rings. The first-order valence-corrected chi connectivity index (χ1v) is 5.32. The molecule has 0 aromatic rings. The molecule has 0 heterocycles. The van der Waals surface area contributed by atoms with Crippen LogP contribution < -0.4 is 10.6 Å². The molecule has 0 aromatic carbocycles. The minimum atomic E-state index is -0.940. The Balaban J connectivity index is 2.15. The lowest BCUT2D eigenvalue weighted by Gasteiger charge is -2.14. The van der Waals surface area contributed by atoms with Crippen LogP contribution in [0.4, 0.5) is 4.79 Å². The van der Waals surface area contributed by atoms with Gasteiger partial charge in [0.15, 0.2) is 0 Å². The zero-order chi connectivity index (χ0) is 12.1. The number of carbonyl (C=O) groups is 2. The minimum Gasteiger partial charge on any atom is -0.481 e. The predicted molar refractivity (Wildman–Crippen MR) is 57.2 cm³/mol. The van der Waals surface area contributed by atoms with Gasteiger partial charge in [0.1, 0.15) is 0 Å². The van der Waals surface area contributed by atoms with Crippen LogP contribution in [0.2, 0.25) is 0 Å². The minimum absolute atomic E-state index is 0.114. The third kappa shape index (κ3) is 4.48. The summed E-state index contributed by atoms with van der Waals surface area (Å²) >= 11 is 0. The number of urea groups is 1. The molecule has 92 valence electrons. The zero-order valence-corrected chi connectivity index (χ0v) is 9.53. The van der Waals surface area contributed by atoms with Crippen molar-refractivity contribution >= 4 is 12.0 Å². The Hall–Kier alpha value is -1.30. The number of hydrogen-bond donors (Lipinski definition) is 3. The van der Waals surface area contributed by atoms with Crippen LogP contribution >= 0.6 is 0 Å². The van der Waals surface area contributed by atoms with Gasteiger partial charge in [0.25, 0.3) is 0 Å². The average molecular weight is 230 g/mol. The number of carboxylic acid groups (broad SMARTS) is 1. The van der Waals surface area contributed by atoms with Crippen LogP contribution in [0.5, 0.6) is 0 Å². The summed E-state index contributed by atoms with van der Waals surface area (Å²) in [5.41, 5.74) is 0. The van der Waals surface area contributed by atoms with Crippen LogP contribution in [0.3, 0.4) is 0 Å². The molecule has 3 N–H and O–H groups in total. The second kappa shape index (κ2) is 5.69. The van der Waals surface area contributed by atoms with E-state index in [1.165, 1.54) is 7.11 Å². The third-order valence-corrected chi connectivity index (χ3v) is 2.65. The Labute approximate surface area is 94.3 Å². The molecular formula is C10H18N2O4. The summed E-state index contributed by atoms with van der Waals surface area (Å²) < 4.78 is 4.93. The number of ether oxygens (including phenoxy) is 1. The first-order valence-electron chi connectivity index (χ1n) is 5.32. The van der Waals surface area contributed by atoms with Crippen LogP contribution in [-0.4, -0.2) is 42.9 Å². The van der Waals surface area contributed by atoms with E-state index in [1.54, 1.807) is 0 Å². The summed E-state index contributed by atoms with van der Waals surface area (Å²) in [5.74, 6) is -0.395. The Bertz CT molecular complexity index is 270. The topological polar surface area (TPSA) is 87.7 Å². The molecule has 0 bridgehead atoms. The monoisotopic (exact) mass is 230 g/mol. The molecular weight excluding hydrogens is 212 g/mol. The fourth-order valence-electron chi connectivity index (χ4n) is 1.38. The summed E-state index contributed by atoms with van der Waals surface area (Å²) in [5, 5.41) is 13.9. The van der Waals surface area contributed by atoms with Gasteiger partial charge in [0, 0.05) is 19.7 Å². The van der Waals surface area contributed by atoms with Crippen LogP contribution in [0, 0.1) is 5.92 Å². The number of nitrogens with one attached hydrogen (secondary N) is 2. The largest absolute Gasteiger partial charge is 0.481 e. The van der Waals surface area contributed by atoms with Gasteiger partial charge < -0.3 is 20.5 Å². The van der Waals surface area contributed by atoms with Gasteiger partial charge in [0.05, 0.1) is 12.5 Å². The Morgan fingerprint density at radius 2 is 2.19 bits per heavy atom. The van der Waals surface area contributed by atoms with Crippen molar-refractivity contribution in [3.05, 3.63) is 0 Å². The summed E-state index contributed by atoms with van der Waals surface area (Å²) in [7, 11) is 1.43. The van der Waals surface area contributed by atoms with Crippen molar-refractivity contribution in [2.45, 2.75) is 31.9 Å². The molecule has 16 heavy (non-hydrogen) atoms. The smallest absolute Gasteiger partial charge is 0.315 e. The van der Waals surface area contributed by atoms with Crippen molar-refractivity contribution in [1.82, 2.24) is 10.6 Å². The average Bonchev–Trinajstić information content (AvgIpc) is 2.88. The molecule has 1 rings (SSSR count). The van der Waals surface area contributed by atoms with Gasteiger partial charge in [-0.2, -0.15) is 0 Å². The van der Waals surface area contributed by atoms with E-state index in [2.05, 4.69) is 17.6 Å². The molecule has 1 aliphatic carbocycles. The SMILES string of the molecule is COC(CNC(=O)NC1CC1C)CC(=O)O. The number of aliphatic carboxylic acids is 1. The van der Waals surface area contributed by atoms with Gasteiger partial charge in [0.2, 0.25) is 0 Å². The molecule has 1 aliphatic rings. The molecule has 6 heteroatoms. The highest BCUT2D eigenvalue weighted by Crippen LogP contribution is 2.28. The molecule has 1 saturated carbocycles. The van der Waals surface area contributed by atoms with Gasteiger partial charge in [-0.1, -0.05) is 6.92 Å². The maximum Gasteiger partial charge on any atom is 0.315 e. The van der Waals surface area contributed by atoms with Crippen molar-refractivity contribution < 1.29 is 19.4 Å². The zero-order valence-electron chi connectivity index (χ0n) is 9.53. The maximum absolute atomic E-state index is 11.3. The Morgan fingerprint density at radius 1 is 1.56 bits per heavy atom. The predicted octanol–water partition coefficient (Wildman–Crippen LogP) is 0.184. The number of amides is 2. The summed E-state index contributed by atoms with van der Waals surface area (Å²) in [6, 6.07) is 0.00209. The van der Waals surface area contributed by atoms with Gasteiger partial charge in [-0.3, -0.25) is 4.79 Å².